The van der Waals surface area contributed by atoms with Gasteiger partial charge in [0.05, 0.1) is 5.69 Å². The lowest BCUT2D eigenvalue weighted by Gasteiger charge is -2.22. The summed E-state index contributed by atoms with van der Waals surface area (Å²) < 4.78 is 1.09. The number of likely N-dealkylation sites (tertiary alicyclic amines) is 1. The van der Waals surface area contributed by atoms with Crippen LogP contribution in [0.2, 0.25) is 0 Å². The molecule has 0 aliphatic carbocycles. The number of nitrogens with zero attached hydrogens (tertiary/aromatic N) is 2. The lowest BCUT2D eigenvalue weighted by atomic mass is 9.90. The van der Waals surface area contributed by atoms with E-state index in [0.29, 0.717) is 0 Å². The fourth-order valence-corrected chi connectivity index (χ4v) is 4.00. The van der Waals surface area contributed by atoms with E-state index < -0.39 is 0 Å². The van der Waals surface area contributed by atoms with E-state index in [9.17, 15) is 0 Å². The number of halogens is 2. The summed E-state index contributed by atoms with van der Waals surface area (Å²) >= 11 is 5.23. The van der Waals surface area contributed by atoms with Crippen molar-refractivity contribution < 1.29 is 0 Å². The van der Waals surface area contributed by atoms with Crippen LogP contribution in [0.25, 0.3) is 10.6 Å². The van der Waals surface area contributed by atoms with Crippen LogP contribution >= 0.6 is 39.7 Å². The van der Waals surface area contributed by atoms with Crippen molar-refractivity contribution in [3.8, 4) is 10.6 Å². The highest BCUT2D eigenvalue weighted by Gasteiger charge is 2.32. The Morgan fingerprint density at radius 1 is 1.45 bits per heavy atom. The Hall–Kier alpha value is -0.460. The molecule has 1 aliphatic heterocycles. The van der Waals surface area contributed by atoms with E-state index >= 15 is 0 Å². The van der Waals surface area contributed by atoms with Crippen molar-refractivity contribution in [1.82, 2.24) is 9.88 Å². The van der Waals surface area contributed by atoms with Crippen LogP contribution in [-0.4, -0.2) is 29.5 Å². The number of benzene rings is 1. The first-order valence-electron chi connectivity index (χ1n) is 7.21. The van der Waals surface area contributed by atoms with E-state index in [1.165, 1.54) is 12.0 Å². The zero-order valence-corrected chi connectivity index (χ0v) is 15.8. The van der Waals surface area contributed by atoms with Crippen LogP contribution < -0.4 is 5.73 Å². The Kier molecular flexibility index (Phi) is 6.02. The third-order valence-electron chi connectivity index (χ3n) is 4.14. The van der Waals surface area contributed by atoms with E-state index in [1.807, 2.05) is 12.1 Å². The summed E-state index contributed by atoms with van der Waals surface area (Å²) in [6.45, 7) is 6.18. The van der Waals surface area contributed by atoms with Crippen LogP contribution in [0.3, 0.4) is 0 Å². The molecule has 2 N–H and O–H groups in total. The molecule has 1 saturated heterocycles. The van der Waals surface area contributed by atoms with Crippen molar-refractivity contribution in [3.05, 3.63) is 39.8 Å². The van der Waals surface area contributed by atoms with Gasteiger partial charge in [0, 0.05) is 28.5 Å². The molecule has 0 spiro atoms. The zero-order valence-electron chi connectivity index (χ0n) is 12.6. The second-order valence-corrected chi connectivity index (χ2v) is 7.90. The molecule has 0 saturated carbocycles. The van der Waals surface area contributed by atoms with Gasteiger partial charge < -0.3 is 5.73 Å². The highest BCUT2D eigenvalue weighted by molar-refractivity contribution is 9.10. The van der Waals surface area contributed by atoms with Crippen molar-refractivity contribution in [1.29, 1.82) is 0 Å². The monoisotopic (exact) mass is 401 g/mol. The van der Waals surface area contributed by atoms with Crippen molar-refractivity contribution in [2.24, 2.45) is 11.1 Å². The Morgan fingerprint density at radius 3 is 2.95 bits per heavy atom. The molecule has 6 heteroatoms. The van der Waals surface area contributed by atoms with Gasteiger partial charge >= 0.3 is 0 Å². The van der Waals surface area contributed by atoms with Gasteiger partial charge in [0.15, 0.2) is 0 Å². The molecule has 22 heavy (non-hydrogen) atoms. The lowest BCUT2D eigenvalue weighted by molar-refractivity contribution is 0.272. The molecule has 3 nitrogen and oxygen atoms in total. The number of nitrogens with two attached hydrogens (primary N) is 1. The van der Waals surface area contributed by atoms with Crippen molar-refractivity contribution >= 4 is 39.7 Å². The highest BCUT2D eigenvalue weighted by Crippen LogP contribution is 2.31. The van der Waals surface area contributed by atoms with Crippen LogP contribution in [0.15, 0.2) is 34.1 Å². The molecule has 1 fully saturated rings. The molecule has 1 aromatic carbocycles. The minimum atomic E-state index is 0. The maximum absolute atomic E-state index is 5.87. The average molecular weight is 403 g/mol. The fraction of sp³-hybridized carbons (Fsp3) is 0.438. The summed E-state index contributed by atoms with van der Waals surface area (Å²) in [5.74, 6) is 0. The molecule has 0 amide bonds. The van der Waals surface area contributed by atoms with E-state index in [0.717, 1.165) is 41.4 Å². The molecule has 1 atom stereocenters. The SMILES string of the molecule is CC1(CN)CCN(Cc2csc(-c3cccc(Br)c3)n2)C1.Cl. The number of hydrogen-bond donors (Lipinski definition) is 1. The normalized spacial score (nSPS) is 21.8. The van der Waals surface area contributed by atoms with Gasteiger partial charge in [0.25, 0.3) is 0 Å². The van der Waals surface area contributed by atoms with Gasteiger partial charge in [0.2, 0.25) is 0 Å². The van der Waals surface area contributed by atoms with Crippen molar-refractivity contribution in [3.63, 3.8) is 0 Å². The fourth-order valence-electron chi connectivity index (χ4n) is 2.79. The minimum Gasteiger partial charge on any atom is -0.330 e. The first-order chi connectivity index (χ1) is 10.1. The predicted molar refractivity (Wildman–Crippen MR) is 99.6 cm³/mol. The first-order valence-corrected chi connectivity index (χ1v) is 8.88. The topological polar surface area (TPSA) is 42.1 Å². The van der Waals surface area contributed by atoms with E-state index in [2.05, 4.69) is 45.3 Å². The summed E-state index contributed by atoms with van der Waals surface area (Å²) in [5.41, 5.74) is 8.49. The van der Waals surface area contributed by atoms with Gasteiger partial charge in [0.1, 0.15) is 5.01 Å². The second kappa shape index (κ2) is 7.41. The molecular weight excluding hydrogens is 382 g/mol. The van der Waals surface area contributed by atoms with Crippen LogP contribution in [-0.2, 0) is 6.54 Å². The average Bonchev–Trinajstić information content (AvgIpc) is 3.07. The van der Waals surface area contributed by atoms with Gasteiger partial charge in [-0.05, 0) is 37.1 Å². The molecular formula is C16H21BrClN3S. The first kappa shape index (κ1) is 17.9. The van der Waals surface area contributed by atoms with Crippen molar-refractivity contribution in [2.45, 2.75) is 19.9 Å². The minimum absolute atomic E-state index is 0. The molecule has 1 aliphatic rings. The van der Waals surface area contributed by atoms with E-state index in [1.54, 1.807) is 11.3 Å². The summed E-state index contributed by atoms with van der Waals surface area (Å²) in [7, 11) is 0. The molecule has 120 valence electrons. The van der Waals surface area contributed by atoms with Crippen molar-refractivity contribution in [2.75, 3.05) is 19.6 Å². The van der Waals surface area contributed by atoms with Crippen LogP contribution in [0.1, 0.15) is 19.0 Å². The highest BCUT2D eigenvalue weighted by atomic mass is 79.9. The van der Waals surface area contributed by atoms with Crippen LogP contribution in [0.4, 0.5) is 0 Å². The van der Waals surface area contributed by atoms with E-state index in [4.69, 9.17) is 10.7 Å². The molecule has 2 aromatic rings. The van der Waals surface area contributed by atoms with Gasteiger partial charge in [-0.3, -0.25) is 4.90 Å². The molecule has 1 aromatic heterocycles. The predicted octanol–water partition coefficient (Wildman–Crippen LogP) is 4.17. The molecule has 0 bridgehead atoms. The number of hydrogen-bond acceptors (Lipinski definition) is 4. The third-order valence-corrected chi connectivity index (χ3v) is 5.57. The third kappa shape index (κ3) is 4.09. The molecule has 1 unspecified atom stereocenters. The largest absolute Gasteiger partial charge is 0.330 e. The van der Waals surface area contributed by atoms with Crippen LogP contribution in [0, 0.1) is 5.41 Å². The quantitative estimate of drug-likeness (QED) is 0.834. The van der Waals surface area contributed by atoms with Gasteiger partial charge in [-0.1, -0.05) is 35.0 Å². The Bertz CT molecular complexity index is 633. The lowest BCUT2D eigenvalue weighted by Crippen LogP contribution is -2.31. The second-order valence-electron chi connectivity index (χ2n) is 6.13. The number of thiazole rings is 1. The van der Waals surface area contributed by atoms with E-state index in [-0.39, 0.29) is 17.8 Å². The Balaban J connectivity index is 0.00000176. The summed E-state index contributed by atoms with van der Waals surface area (Å²) in [4.78, 5) is 7.25. The van der Waals surface area contributed by atoms with Gasteiger partial charge in [-0.2, -0.15) is 0 Å². The Labute approximate surface area is 150 Å². The molecule has 2 heterocycles. The maximum atomic E-state index is 5.87. The summed E-state index contributed by atoms with van der Waals surface area (Å²) in [5, 5.41) is 3.26. The molecule has 0 radical (unpaired) electrons. The summed E-state index contributed by atoms with van der Waals surface area (Å²) in [6, 6.07) is 8.31. The van der Waals surface area contributed by atoms with Gasteiger partial charge in [-0.25, -0.2) is 4.98 Å². The van der Waals surface area contributed by atoms with Crippen LogP contribution in [0.5, 0.6) is 0 Å². The summed E-state index contributed by atoms with van der Waals surface area (Å²) in [6.07, 6.45) is 1.19. The molecule has 3 rings (SSSR count). The number of rotatable bonds is 4. The maximum Gasteiger partial charge on any atom is 0.123 e. The smallest absolute Gasteiger partial charge is 0.123 e. The zero-order chi connectivity index (χ0) is 14.9. The Morgan fingerprint density at radius 2 is 2.27 bits per heavy atom. The standard InChI is InChI=1S/C16H20BrN3S.ClH/c1-16(10-18)5-6-20(11-16)8-14-9-21-15(19-14)12-3-2-4-13(17)7-12;/h2-4,7,9H,5-6,8,10-11,18H2,1H3;1H. The number of aromatic nitrogens is 1. The van der Waals surface area contributed by atoms with Gasteiger partial charge in [-0.15, -0.1) is 23.7 Å².